The number of likely N-dealkylation sites (tertiary alicyclic amines) is 1. The highest BCUT2D eigenvalue weighted by Crippen LogP contribution is 2.47. The second-order valence-corrected chi connectivity index (χ2v) is 6.11. The van der Waals surface area contributed by atoms with Gasteiger partial charge in [-0.05, 0) is 25.7 Å². The van der Waals surface area contributed by atoms with Crippen LogP contribution in [0.25, 0.3) is 0 Å². The van der Waals surface area contributed by atoms with Gasteiger partial charge in [0.15, 0.2) is 0 Å². The summed E-state index contributed by atoms with van der Waals surface area (Å²) in [5.74, 6) is 1.37. The van der Waals surface area contributed by atoms with E-state index in [1.807, 2.05) is 0 Å². The Morgan fingerprint density at radius 1 is 1.46 bits per heavy atom. The van der Waals surface area contributed by atoms with Gasteiger partial charge in [-0.15, -0.1) is 0 Å². The van der Waals surface area contributed by atoms with Crippen LogP contribution < -0.4 is 5.73 Å². The molecular formula is C10H18N2S. The predicted octanol–water partition coefficient (Wildman–Crippen LogP) is 1.06. The zero-order valence-electron chi connectivity index (χ0n) is 8.04. The largest absolute Gasteiger partial charge is 0.329 e. The minimum atomic E-state index is 0.445. The minimum absolute atomic E-state index is 0.445. The van der Waals surface area contributed by atoms with Crippen molar-refractivity contribution in [1.29, 1.82) is 0 Å². The molecule has 2 heterocycles. The maximum Gasteiger partial charge on any atom is 0.0335 e. The van der Waals surface area contributed by atoms with E-state index in [9.17, 15) is 0 Å². The van der Waals surface area contributed by atoms with Crippen molar-refractivity contribution in [3.8, 4) is 0 Å². The predicted molar refractivity (Wildman–Crippen MR) is 57.0 cm³/mol. The summed E-state index contributed by atoms with van der Waals surface area (Å²) in [5, 5.41) is 0.939. The standard InChI is InChI=1S/C10H18N2S/c11-7-10(2-1-3-10)12-5-9-4-8(12)6-13-9/h8-9H,1-7,11H2. The Bertz CT molecular complexity index is 209. The van der Waals surface area contributed by atoms with Crippen molar-refractivity contribution in [1.82, 2.24) is 4.90 Å². The first-order valence-corrected chi connectivity index (χ1v) is 6.47. The van der Waals surface area contributed by atoms with Gasteiger partial charge < -0.3 is 5.73 Å². The number of rotatable bonds is 2. The molecule has 2 N–H and O–H groups in total. The van der Waals surface area contributed by atoms with Crippen LogP contribution in [0.3, 0.4) is 0 Å². The average molecular weight is 198 g/mol. The van der Waals surface area contributed by atoms with Crippen molar-refractivity contribution >= 4 is 11.8 Å². The van der Waals surface area contributed by atoms with Crippen LogP contribution in [0.2, 0.25) is 0 Å². The monoisotopic (exact) mass is 198 g/mol. The molecular weight excluding hydrogens is 180 g/mol. The third-order valence-electron chi connectivity index (χ3n) is 4.17. The van der Waals surface area contributed by atoms with Crippen LogP contribution in [-0.2, 0) is 0 Å². The van der Waals surface area contributed by atoms with Crippen molar-refractivity contribution in [3.63, 3.8) is 0 Å². The van der Waals surface area contributed by atoms with Crippen LogP contribution in [-0.4, -0.2) is 40.6 Å². The first-order valence-electron chi connectivity index (χ1n) is 5.42. The fraction of sp³-hybridized carbons (Fsp3) is 1.00. The molecule has 2 unspecified atom stereocenters. The molecule has 3 heteroatoms. The number of fused-ring (bicyclic) bond motifs is 2. The van der Waals surface area contributed by atoms with E-state index in [4.69, 9.17) is 5.73 Å². The quantitative estimate of drug-likeness (QED) is 0.719. The summed E-state index contributed by atoms with van der Waals surface area (Å²) in [4.78, 5) is 2.75. The van der Waals surface area contributed by atoms with Gasteiger partial charge in [-0.3, -0.25) is 4.90 Å². The number of hydrogen-bond acceptors (Lipinski definition) is 3. The van der Waals surface area contributed by atoms with Gasteiger partial charge in [0, 0.05) is 35.7 Å². The number of nitrogens with zero attached hydrogens (tertiary/aromatic N) is 1. The highest BCUT2D eigenvalue weighted by atomic mass is 32.2. The summed E-state index contributed by atoms with van der Waals surface area (Å²) in [7, 11) is 0. The molecule has 0 aromatic rings. The molecule has 0 aromatic carbocycles. The second-order valence-electron chi connectivity index (χ2n) is 4.78. The van der Waals surface area contributed by atoms with E-state index in [2.05, 4.69) is 16.7 Å². The summed E-state index contributed by atoms with van der Waals surface area (Å²) in [5.41, 5.74) is 6.38. The lowest BCUT2D eigenvalue weighted by Crippen LogP contribution is -2.61. The zero-order valence-corrected chi connectivity index (χ0v) is 8.85. The number of nitrogens with two attached hydrogens (primary N) is 1. The third kappa shape index (κ3) is 1.10. The van der Waals surface area contributed by atoms with E-state index in [-0.39, 0.29) is 0 Å². The van der Waals surface area contributed by atoms with Crippen molar-refractivity contribution in [2.24, 2.45) is 5.73 Å². The molecule has 1 saturated carbocycles. The smallest absolute Gasteiger partial charge is 0.0335 e. The van der Waals surface area contributed by atoms with Gasteiger partial charge in [0.2, 0.25) is 0 Å². The zero-order chi connectivity index (χ0) is 8.89. The maximum absolute atomic E-state index is 5.93. The van der Waals surface area contributed by atoms with Gasteiger partial charge in [0.1, 0.15) is 0 Å². The normalized spacial score (nSPS) is 42.2. The maximum atomic E-state index is 5.93. The number of thioether (sulfide) groups is 1. The van der Waals surface area contributed by atoms with Crippen LogP contribution in [0, 0.1) is 0 Å². The Balaban J connectivity index is 1.78. The Hall–Kier alpha value is 0.270. The average Bonchev–Trinajstić information content (AvgIpc) is 2.64. The van der Waals surface area contributed by atoms with E-state index >= 15 is 0 Å². The van der Waals surface area contributed by atoms with Crippen LogP contribution >= 0.6 is 11.8 Å². The molecule has 0 spiro atoms. The highest BCUT2D eigenvalue weighted by molar-refractivity contribution is 8.00. The van der Waals surface area contributed by atoms with Crippen LogP contribution in [0.4, 0.5) is 0 Å². The lowest BCUT2D eigenvalue weighted by molar-refractivity contribution is 0.0183. The van der Waals surface area contributed by atoms with Gasteiger partial charge in [-0.1, -0.05) is 0 Å². The lowest BCUT2D eigenvalue weighted by atomic mass is 9.75. The molecule has 2 saturated heterocycles. The topological polar surface area (TPSA) is 29.3 Å². The van der Waals surface area contributed by atoms with Gasteiger partial charge in [0.05, 0.1) is 0 Å². The second kappa shape index (κ2) is 2.88. The molecule has 2 bridgehead atoms. The van der Waals surface area contributed by atoms with Gasteiger partial charge in [-0.25, -0.2) is 0 Å². The molecule has 0 radical (unpaired) electrons. The van der Waals surface area contributed by atoms with E-state index in [0.29, 0.717) is 5.54 Å². The van der Waals surface area contributed by atoms with Gasteiger partial charge >= 0.3 is 0 Å². The Kier molecular flexibility index (Phi) is 1.90. The van der Waals surface area contributed by atoms with Gasteiger partial charge in [-0.2, -0.15) is 11.8 Å². The molecule has 1 aliphatic carbocycles. The number of hydrogen-bond donors (Lipinski definition) is 1. The molecule has 3 aliphatic rings. The molecule has 2 nitrogen and oxygen atoms in total. The molecule has 3 rings (SSSR count). The fourth-order valence-electron chi connectivity index (χ4n) is 3.17. The molecule has 0 aromatic heterocycles. The minimum Gasteiger partial charge on any atom is -0.329 e. The Labute approximate surface area is 84.2 Å². The SMILES string of the molecule is NCC1(N2CC3CC2CS3)CCC1. The molecule has 2 aliphatic heterocycles. The molecule has 74 valence electrons. The summed E-state index contributed by atoms with van der Waals surface area (Å²) in [6.45, 7) is 2.22. The summed E-state index contributed by atoms with van der Waals surface area (Å²) < 4.78 is 0. The van der Waals surface area contributed by atoms with Crippen molar-refractivity contribution < 1.29 is 0 Å². The van der Waals surface area contributed by atoms with E-state index < -0.39 is 0 Å². The molecule has 13 heavy (non-hydrogen) atoms. The highest BCUT2D eigenvalue weighted by Gasteiger charge is 2.50. The molecule has 2 atom stereocenters. The van der Waals surface area contributed by atoms with Crippen LogP contribution in [0.15, 0.2) is 0 Å². The summed E-state index contributed by atoms with van der Waals surface area (Å²) in [6.07, 6.45) is 5.55. The first kappa shape index (κ1) is 8.57. The van der Waals surface area contributed by atoms with Crippen molar-refractivity contribution in [3.05, 3.63) is 0 Å². The van der Waals surface area contributed by atoms with Crippen LogP contribution in [0.5, 0.6) is 0 Å². The summed E-state index contributed by atoms with van der Waals surface area (Å²) in [6, 6.07) is 0.874. The lowest BCUT2D eigenvalue weighted by Gasteiger charge is -2.51. The fourth-order valence-corrected chi connectivity index (χ4v) is 4.61. The summed E-state index contributed by atoms with van der Waals surface area (Å²) >= 11 is 2.17. The Morgan fingerprint density at radius 3 is 2.69 bits per heavy atom. The van der Waals surface area contributed by atoms with Crippen molar-refractivity contribution in [2.75, 3.05) is 18.8 Å². The third-order valence-corrected chi connectivity index (χ3v) is 5.56. The van der Waals surface area contributed by atoms with E-state index in [0.717, 1.165) is 17.8 Å². The van der Waals surface area contributed by atoms with Crippen molar-refractivity contribution in [2.45, 2.75) is 42.5 Å². The molecule has 3 fully saturated rings. The Morgan fingerprint density at radius 2 is 2.31 bits per heavy atom. The first-order chi connectivity index (χ1) is 6.34. The van der Waals surface area contributed by atoms with Gasteiger partial charge in [0.25, 0.3) is 0 Å². The van der Waals surface area contributed by atoms with Crippen LogP contribution in [0.1, 0.15) is 25.7 Å². The van der Waals surface area contributed by atoms with E-state index in [1.165, 1.54) is 38.0 Å². The molecule has 0 amide bonds. The van der Waals surface area contributed by atoms with E-state index in [1.54, 1.807) is 0 Å².